The van der Waals surface area contributed by atoms with Crippen molar-refractivity contribution in [3.05, 3.63) is 35.1 Å². The zero-order valence-corrected chi connectivity index (χ0v) is 11.2. The summed E-state index contributed by atoms with van der Waals surface area (Å²) >= 11 is 0. The molecule has 0 bridgehead atoms. The van der Waals surface area contributed by atoms with Crippen molar-refractivity contribution >= 4 is 5.91 Å². The Morgan fingerprint density at radius 3 is 2.72 bits per heavy atom. The molecule has 2 N–H and O–H groups in total. The zero-order valence-electron chi connectivity index (χ0n) is 11.2. The minimum atomic E-state index is -0.215. The first-order chi connectivity index (χ1) is 8.49. The Labute approximate surface area is 108 Å². The average molecular weight is 252 g/mol. The number of halogens is 1. The second kappa shape index (κ2) is 7.11. The standard InChI is InChI=1S/C14H21FN2O/c1-10(2)17-14(18)6-7-16-9-12-4-5-13(15)8-11(12)3/h4-5,8,10,16H,6-7,9H2,1-3H3,(H,17,18). The summed E-state index contributed by atoms with van der Waals surface area (Å²) in [6, 6.07) is 4.92. The van der Waals surface area contributed by atoms with Crippen molar-refractivity contribution in [3.8, 4) is 0 Å². The van der Waals surface area contributed by atoms with E-state index in [1.54, 1.807) is 6.07 Å². The lowest BCUT2D eigenvalue weighted by atomic mass is 10.1. The highest BCUT2D eigenvalue weighted by atomic mass is 19.1. The Bertz CT molecular complexity index is 405. The fourth-order valence-electron chi connectivity index (χ4n) is 1.68. The maximum absolute atomic E-state index is 12.9. The molecule has 1 aromatic carbocycles. The first-order valence-corrected chi connectivity index (χ1v) is 6.24. The molecule has 18 heavy (non-hydrogen) atoms. The number of nitrogens with one attached hydrogen (secondary N) is 2. The SMILES string of the molecule is Cc1cc(F)ccc1CNCCC(=O)NC(C)C. The van der Waals surface area contributed by atoms with E-state index in [4.69, 9.17) is 0 Å². The van der Waals surface area contributed by atoms with Crippen molar-refractivity contribution < 1.29 is 9.18 Å². The minimum Gasteiger partial charge on any atom is -0.354 e. The van der Waals surface area contributed by atoms with E-state index in [1.807, 2.05) is 20.8 Å². The van der Waals surface area contributed by atoms with E-state index < -0.39 is 0 Å². The van der Waals surface area contributed by atoms with Gasteiger partial charge in [0.1, 0.15) is 5.82 Å². The van der Waals surface area contributed by atoms with Crippen LogP contribution >= 0.6 is 0 Å². The molecule has 0 aromatic heterocycles. The van der Waals surface area contributed by atoms with E-state index in [-0.39, 0.29) is 17.8 Å². The highest BCUT2D eigenvalue weighted by Crippen LogP contribution is 2.09. The van der Waals surface area contributed by atoms with Crippen molar-refractivity contribution in [1.82, 2.24) is 10.6 Å². The third kappa shape index (κ3) is 5.27. The third-order valence-electron chi connectivity index (χ3n) is 2.60. The summed E-state index contributed by atoms with van der Waals surface area (Å²) in [6.07, 6.45) is 0.457. The lowest BCUT2D eigenvalue weighted by molar-refractivity contribution is -0.121. The number of aryl methyl sites for hydroxylation is 1. The number of carbonyl (C=O) groups excluding carboxylic acids is 1. The molecule has 3 nitrogen and oxygen atoms in total. The molecule has 0 atom stereocenters. The van der Waals surface area contributed by atoms with Crippen LogP contribution in [0.25, 0.3) is 0 Å². The van der Waals surface area contributed by atoms with Gasteiger partial charge in [-0.25, -0.2) is 4.39 Å². The lowest BCUT2D eigenvalue weighted by Gasteiger charge is -2.10. The Balaban J connectivity index is 2.27. The van der Waals surface area contributed by atoms with E-state index in [9.17, 15) is 9.18 Å². The fraction of sp³-hybridized carbons (Fsp3) is 0.500. The molecule has 0 aliphatic heterocycles. The van der Waals surface area contributed by atoms with Crippen LogP contribution in [0.5, 0.6) is 0 Å². The van der Waals surface area contributed by atoms with Crippen LogP contribution in [0.15, 0.2) is 18.2 Å². The quantitative estimate of drug-likeness (QED) is 0.762. The van der Waals surface area contributed by atoms with Crippen molar-refractivity contribution in [2.45, 2.75) is 39.8 Å². The Morgan fingerprint density at radius 1 is 1.39 bits per heavy atom. The molecule has 0 unspecified atom stereocenters. The Morgan fingerprint density at radius 2 is 2.11 bits per heavy atom. The topological polar surface area (TPSA) is 41.1 Å². The molecule has 1 aromatic rings. The second-order valence-electron chi connectivity index (χ2n) is 4.72. The molecule has 0 fully saturated rings. The van der Waals surface area contributed by atoms with Crippen LogP contribution in [-0.2, 0) is 11.3 Å². The smallest absolute Gasteiger partial charge is 0.221 e. The first kappa shape index (κ1) is 14.6. The molecule has 100 valence electrons. The number of benzene rings is 1. The lowest BCUT2D eigenvalue weighted by Crippen LogP contribution is -2.32. The van der Waals surface area contributed by atoms with Gasteiger partial charge in [-0.3, -0.25) is 4.79 Å². The molecule has 0 heterocycles. The van der Waals surface area contributed by atoms with Gasteiger partial charge in [-0.1, -0.05) is 6.07 Å². The molecule has 4 heteroatoms. The summed E-state index contributed by atoms with van der Waals surface area (Å²) in [4.78, 5) is 11.4. The van der Waals surface area contributed by atoms with E-state index in [0.717, 1.165) is 11.1 Å². The van der Waals surface area contributed by atoms with Gasteiger partial charge in [0.25, 0.3) is 0 Å². The normalized spacial score (nSPS) is 10.7. The van der Waals surface area contributed by atoms with Gasteiger partial charge in [0, 0.05) is 25.6 Å². The van der Waals surface area contributed by atoms with Crippen molar-refractivity contribution in [2.24, 2.45) is 0 Å². The van der Waals surface area contributed by atoms with Crippen molar-refractivity contribution in [2.75, 3.05) is 6.54 Å². The Hall–Kier alpha value is -1.42. The van der Waals surface area contributed by atoms with Crippen LogP contribution in [0.1, 0.15) is 31.4 Å². The summed E-state index contributed by atoms with van der Waals surface area (Å²) < 4.78 is 12.9. The van der Waals surface area contributed by atoms with Gasteiger partial charge < -0.3 is 10.6 Å². The van der Waals surface area contributed by atoms with Gasteiger partial charge in [0.05, 0.1) is 0 Å². The van der Waals surface area contributed by atoms with Gasteiger partial charge in [-0.05, 0) is 44.0 Å². The molecule has 0 aliphatic carbocycles. The van der Waals surface area contributed by atoms with Crippen LogP contribution in [0.3, 0.4) is 0 Å². The zero-order chi connectivity index (χ0) is 13.5. The third-order valence-corrected chi connectivity index (χ3v) is 2.60. The summed E-state index contributed by atoms with van der Waals surface area (Å²) in [5.41, 5.74) is 1.98. The van der Waals surface area contributed by atoms with Crippen LogP contribution in [0.4, 0.5) is 4.39 Å². The molecular formula is C14H21FN2O. The van der Waals surface area contributed by atoms with Crippen molar-refractivity contribution in [3.63, 3.8) is 0 Å². The van der Waals surface area contributed by atoms with Crippen LogP contribution < -0.4 is 10.6 Å². The van der Waals surface area contributed by atoms with Gasteiger partial charge in [-0.2, -0.15) is 0 Å². The number of hydrogen-bond acceptors (Lipinski definition) is 2. The van der Waals surface area contributed by atoms with E-state index >= 15 is 0 Å². The number of hydrogen-bond donors (Lipinski definition) is 2. The molecule has 1 rings (SSSR count). The molecule has 1 amide bonds. The minimum absolute atomic E-state index is 0.0494. The summed E-state index contributed by atoms with van der Waals surface area (Å²) in [5, 5.41) is 6.01. The fourth-order valence-corrected chi connectivity index (χ4v) is 1.68. The summed E-state index contributed by atoms with van der Waals surface area (Å²) in [6.45, 7) is 7.03. The number of amides is 1. The second-order valence-corrected chi connectivity index (χ2v) is 4.72. The van der Waals surface area contributed by atoms with E-state index in [1.165, 1.54) is 12.1 Å². The van der Waals surface area contributed by atoms with E-state index in [2.05, 4.69) is 10.6 Å². The van der Waals surface area contributed by atoms with Gasteiger partial charge >= 0.3 is 0 Å². The predicted octanol–water partition coefficient (Wildman–Crippen LogP) is 2.14. The number of carbonyl (C=O) groups is 1. The van der Waals surface area contributed by atoms with E-state index in [0.29, 0.717) is 19.5 Å². The molecule has 0 spiro atoms. The molecule has 0 aliphatic rings. The molecule has 0 saturated carbocycles. The van der Waals surface area contributed by atoms with Crippen LogP contribution in [-0.4, -0.2) is 18.5 Å². The molecular weight excluding hydrogens is 231 g/mol. The van der Waals surface area contributed by atoms with Crippen LogP contribution in [0.2, 0.25) is 0 Å². The highest BCUT2D eigenvalue weighted by Gasteiger charge is 2.03. The predicted molar refractivity (Wildman–Crippen MR) is 70.7 cm³/mol. The monoisotopic (exact) mass is 252 g/mol. The van der Waals surface area contributed by atoms with Gasteiger partial charge in [0.15, 0.2) is 0 Å². The maximum Gasteiger partial charge on any atom is 0.221 e. The molecule has 0 saturated heterocycles. The van der Waals surface area contributed by atoms with Crippen molar-refractivity contribution in [1.29, 1.82) is 0 Å². The largest absolute Gasteiger partial charge is 0.354 e. The highest BCUT2D eigenvalue weighted by molar-refractivity contribution is 5.76. The first-order valence-electron chi connectivity index (χ1n) is 6.24. The van der Waals surface area contributed by atoms with Crippen LogP contribution in [0, 0.1) is 12.7 Å². The average Bonchev–Trinajstić information content (AvgIpc) is 2.25. The Kier molecular flexibility index (Phi) is 5.78. The van der Waals surface area contributed by atoms with Gasteiger partial charge in [-0.15, -0.1) is 0 Å². The van der Waals surface area contributed by atoms with Gasteiger partial charge in [0.2, 0.25) is 5.91 Å². The molecule has 0 radical (unpaired) electrons. The maximum atomic E-state index is 12.9. The summed E-state index contributed by atoms with van der Waals surface area (Å²) in [7, 11) is 0. The number of rotatable bonds is 6. The summed E-state index contributed by atoms with van der Waals surface area (Å²) in [5.74, 6) is -0.166.